The Morgan fingerprint density at radius 1 is 0.762 bits per heavy atom. The van der Waals surface area contributed by atoms with E-state index in [1.807, 2.05) is 55.4 Å². The normalized spacial score (nSPS) is 14.2. The fraction of sp³-hybridized carbons (Fsp3) is 0.889. The Balaban J connectivity index is 5.29. The molecule has 0 aromatic carbocycles. The summed E-state index contributed by atoms with van der Waals surface area (Å²) in [5, 5.41) is 0. The summed E-state index contributed by atoms with van der Waals surface area (Å²) in [5.41, 5.74) is -2.38. The van der Waals surface area contributed by atoms with Crippen LogP contribution in [-0.2, 0) is 14.3 Å². The molecular formula is C18H34O3. The molecule has 0 amide bonds. The molecule has 124 valence electrons. The van der Waals surface area contributed by atoms with Gasteiger partial charge in [-0.05, 0) is 27.2 Å². The summed E-state index contributed by atoms with van der Waals surface area (Å²) < 4.78 is 5.59. The van der Waals surface area contributed by atoms with Gasteiger partial charge < -0.3 is 4.74 Å². The second kappa shape index (κ2) is 6.20. The second-order valence-electron chi connectivity index (χ2n) is 8.80. The molecule has 0 radical (unpaired) electrons. The Kier molecular flexibility index (Phi) is 5.99. The van der Waals surface area contributed by atoms with Crippen LogP contribution < -0.4 is 0 Å². The van der Waals surface area contributed by atoms with Gasteiger partial charge in [0, 0.05) is 22.9 Å². The first-order valence-electron chi connectivity index (χ1n) is 7.82. The zero-order valence-electron chi connectivity index (χ0n) is 15.6. The van der Waals surface area contributed by atoms with E-state index in [9.17, 15) is 9.59 Å². The molecule has 0 aromatic heterocycles. The number of ketones is 2. The van der Waals surface area contributed by atoms with Gasteiger partial charge in [-0.1, -0.05) is 48.5 Å². The van der Waals surface area contributed by atoms with Crippen LogP contribution in [0.15, 0.2) is 0 Å². The third kappa shape index (κ3) is 5.21. The minimum absolute atomic E-state index is 0.0478. The first-order valence-corrected chi connectivity index (χ1v) is 7.82. The number of rotatable bonds is 7. The molecule has 3 heteroatoms. The average Bonchev–Trinajstić information content (AvgIpc) is 2.24. The summed E-state index contributed by atoms with van der Waals surface area (Å²) in [4.78, 5) is 25.4. The van der Waals surface area contributed by atoms with Gasteiger partial charge in [0.05, 0.1) is 0 Å². The monoisotopic (exact) mass is 298 g/mol. The maximum absolute atomic E-state index is 12.8. The van der Waals surface area contributed by atoms with Gasteiger partial charge in [-0.15, -0.1) is 0 Å². The van der Waals surface area contributed by atoms with Crippen LogP contribution >= 0.6 is 0 Å². The predicted octanol–water partition coefficient (Wildman–Crippen LogP) is 4.43. The lowest BCUT2D eigenvalue weighted by Crippen LogP contribution is -2.47. The molecule has 0 bridgehead atoms. The van der Waals surface area contributed by atoms with E-state index in [1.165, 1.54) is 0 Å². The van der Waals surface area contributed by atoms with Gasteiger partial charge in [-0.25, -0.2) is 0 Å². The van der Waals surface area contributed by atoms with Gasteiger partial charge >= 0.3 is 0 Å². The van der Waals surface area contributed by atoms with Crippen molar-refractivity contribution in [3.05, 3.63) is 0 Å². The van der Waals surface area contributed by atoms with Crippen molar-refractivity contribution in [1.82, 2.24) is 0 Å². The minimum atomic E-state index is -0.820. The van der Waals surface area contributed by atoms with E-state index in [2.05, 4.69) is 0 Å². The highest BCUT2D eigenvalue weighted by Gasteiger charge is 2.46. The standard InChI is InChI=1S/C18H34O3/c1-11-21-18(9,10)14(20)17(7,8)12-16(5,6)13(19)15(2,3)4/h11-12H2,1-10H3. The number of carbonyl (C=O) groups is 2. The molecule has 3 nitrogen and oxygen atoms in total. The molecule has 0 aromatic rings. The van der Waals surface area contributed by atoms with Gasteiger partial charge in [0.1, 0.15) is 11.4 Å². The van der Waals surface area contributed by atoms with Gasteiger partial charge in [0.25, 0.3) is 0 Å². The summed E-state index contributed by atoms with van der Waals surface area (Å²) in [6, 6.07) is 0. The van der Waals surface area contributed by atoms with Crippen LogP contribution in [0.25, 0.3) is 0 Å². The molecule has 0 fully saturated rings. The SMILES string of the molecule is CCOC(C)(C)C(=O)C(C)(C)CC(C)(C)C(=O)C(C)(C)C. The molecular weight excluding hydrogens is 264 g/mol. The van der Waals surface area contributed by atoms with E-state index >= 15 is 0 Å². The van der Waals surface area contributed by atoms with Crippen LogP contribution in [0, 0.1) is 16.2 Å². The Hall–Kier alpha value is -0.700. The maximum atomic E-state index is 12.8. The van der Waals surface area contributed by atoms with Crippen molar-refractivity contribution in [2.45, 2.75) is 81.3 Å². The maximum Gasteiger partial charge on any atom is 0.169 e. The molecule has 0 saturated carbocycles. The van der Waals surface area contributed by atoms with E-state index in [0.717, 1.165) is 0 Å². The van der Waals surface area contributed by atoms with Crippen LogP contribution in [0.3, 0.4) is 0 Å². The van der Waals surface area contributed by atoms with Crippen molar-refractivity contribution in [1.29, 1.82) is 0 Å². The first kappa shape index (κ1) is 20.3. The molecule has 0 heterocycles. The molecule has 0 N–H and O–H groups in total. The van der Waals surface area contributed by atoms with Crippen LogP contribution in [0.2, 0.25) is 0 Å². The summed E-state index contributed by atoms with van der Waals surface area (Å²) in [5.74, 6) is 0.233. The summed E-state index contributed by atoms with van der Waals surface area (Å²) in [6.45, 7) is 19.5. The van der Waals surface area contributed by atoms with E-state index in [-0.39, 0.29) is 11.6 Å². The third-order valence-corrected chi connectivity index (χ3v) is 3.85. The zero-order valence-corrected chi connectivity index (χ0v) is 15.6. The highest BCUT2D eigenvalue weighted by atomic mass is 16.5. The molecule has 0 spiro atoms. The predicted molar refractivity (Wildman–Crippen MR) is 87.4 cm³/mol. The van der Waals surface area contributed by atoms with E-state index in [1.54, 1.807) is 13.8 Å². The topological polar surface area (TPSA) is 43.4 Å². The number of ether oxygens (including phenoxy) is 1. The van der Waals surface area contributed by atoms with Gasteiger partial charge in [-0.2, -0.15) is 0 Å². The Bertz CT molecular complexity index is 395. The lowest BCUT2D eigenvalue weighted by atomic mass is 9.64. The number of hydrogen-bond acceptors (Lipinski definition) is 3. The van der Waals surface area contributed by atoms with Crippen molar-refractivity contribution < 1.29 is 14.3 Å². The van der Waals surface area contributed by atoms with Crippen molar-refractivity contribution in [2.75, 3.05) is 6.61 Å². The van der Waals surface area contributed by atoms with E-state index in [0.29, 0.717) is 13.0 Å². The summed E-state index contributed by atoms with van der Waals surface area (Å²) in [7, 11) is 0. The van der Waals surface area contributed by atoms with Crippen LogP contribution in [0.5, 0.6) is 0 Å². The molecule has 0 atom stereocenters. The second-order valence-corrected chi connectivity index (χ2v) is 8.80. The van der Waals surface area contributed by atoms with E-state index < -0.39 is 21.8 Å². The highest BCUT2D eigenvalue weighted by molar-refractivity contribution is 5.93. The first-order chi connectivity index (χ1) is 9.08. The van der Waals surface area contributed by atoms with Gasteiger partial charge in [-0.3, -0.25) is 9.59 Å². The minimum Gasteiger partial charge on any atom is -0.368 e. The molecule has 0 aliphatic heterocycles. The molecule has 0 saturated heterocycles. The number of carbonyl (C=O) groups excluding carboxylic acids is 2. The average molecular weight is 298 g/mol. The molecule has 0 aliphatic carbocycles. The molecule has 21 heavy (non-hydrogen) atoms. The van der Waals surface area contributed by atoms with Crippen LogP contribution in [-0.4, -0.2) is 23.8 Å². The third-order valence-electron chi connectivity index (χ3n) is 3.85. The molecule has 0 aliphatic rings. The van der Waals surface area contributed by atoms with Crippen molar-refractivity contribution in [3.63, 3.8) is 0 Å². The van der Waals surface area contributed by atoms with Crippen LogP contribution in [0.1, 0.15) is 75.7 Å². The van der Waals surface area contributed by atoms with Crippen molar-refractivity contribution in [3.8, 4) is 0 Å². The highest BCUT2D eigenvalue weighted by Crippen LogP contribution is 2.41. The van der Waals surface area contributed by atoms with Crippen LogP contribution in [0.4, 0.5) is 0 Å². The fourth-order valence-corrected chi connectivity index (χ4v) is 3.52. The number of Topliss-reactive ketones (excluding diaryl/α,β-unsaturated/α-hetero) is 2. The van der Waals surface area contributed by atoms with Crippen molar-refractivity contribution >= 4 is 11.6 Å². The Morgan fingerprint density at radius 2 is 1.14 bits per heavy atom. The summed E-state index contributed by atoms with van der Waals surface area (Å²) >= 11 is 0. The lowest BCUT2D eigenvalue weighted by molar-refractivity contribution is -0.152. The summed E-state index contributed by atoms with van der Waals surface area (Å²) in [6.07, 6.45) is 0.519. The fourth-order valence-electron chi connectivity index (χ4n) is 3.52. The Morgan fingerprint density at radius 3 is 1.48 bits per heavy atom. The quantitative estimate of drug-likeness (QED) is 0.698. The lowest BCUT2D eigenvalue weighted by Gasteiger charge is -2.39. The van der Waals surface area contributed by atoms with E-state index in [4.69, 9.17) is 4.74 Å². The number of hydrogen-bond donors (Lipinski definition) is 0. The molecule has 0 unspecified atom stereocenters. The largest absolute Gasteiger partial charge is 0.368 e. The molecule has 0 rings (SSSR count). The van der Waals surface area contributed by atoms with Gasteiger partial charge in [0.15, 0.2) is 5.78 Å². The smallest absolute Gasteiger partial charge is 0.169 e. The Labute approximate surface area is 130 Å². The van der Waals surface area contributed by atoms with Gasteiger partial charge in [0.2, 0.25) is 0 Å². The zero-order chi connectivity index (χ0) is 17.3. The van der Waals surface area contributed by atoms with Crippen molar-refractivity contribution in [2.24, 2.45) is 16.2 Å².